The predicted octanol–water partition coefficient (Wildman–Crippen LogP) is 2.03. The Hall–Kier alpha value is -1.36. The Morgan fingerprint density at radius 3 is 2.60 bits per heavy atom. The molecule has 0 bridgehead atoms. The van der Waals surface area contributed by atoms with E-state index in [1.165, 1.54) is 0 Å². The van der Waals surface area contributed by atoms with E-state index >= 15 is 0 Å². The fraction of sp³-hybridized carbons (Fsp3) is 0.733. The van der Waals surface area contributed by atoms with E-state index in [0.29, 0.717) is 5.92 Å². The Labute approximate surface area is 122 Å². The van der Waals surface area contributed by atoms with E-state index in [1.54, 1.807) is 0 Å². The zero-order valence-corrected chi connectivity index (χ0v) is 13.3. The molecule has 0 aromatic carbocycles. The van der Waals surface area contributed by atoms with Gasteiger partial charge in [-0.25, -0.2) is 4.98 Å². The second-order valence-corrected chi connectivity index (χ2v) is 6.23. The summed E-state index contributed by atoms with van der Waals surface area (Å²) in [5.74, 6) is 1.20. The van der Waals surface area contributed by atoms with E-state index in [0.717, 1.165) is 25.2 Å². The largest absolute Gasteiger partial charge is 0.368 e. The van der Waals surface area contributed by atoms with Crippen molar-refractivity contribution in [1.29, 1.82) is 0 Å². The molecule has 1 aromatic heterocycles. The molecule has 20 heavy (non-hydrogen) atoms. The third kappa shape index (κ3) is 4.34. The van der Waals surface area contributed by atoms with Crippen LogP contribution in [0.1, 0.15) is 59.2 Å². The highest BCUT2D eigenvalue weighted by atomic mass is 16.1. The van der Waals surface area contributed by atoms with E-state index in [-0.39, 0.29) is 11.9 Å². The summed E-state index contributed by atoms with van der Waals surface area (Å²) in [5.41, 5.74) is 4.89. The summed E-state index contributed by atoms with van der Waals surface area (Å²) >= 11 is 0. The molecule has 0 aliphatic rings. The van der Waals surface area contributed by atoms with Crippen molar-refractivity contribution in [3.8, 4) is 0 Å². The number of rotatable bonds is 8. The highest BCUT2D eigenvalue weighted by molar-refractivity contribution is 5.84. The van der Waals surface area contributed by atoms with Gasteiger partial charge in [0.05, 0.1) is 5.54 Å². The number of imidazole rings is 1. The molecule has 114 valence electrons. The molecule has 1 heterocycles. The molecule has 5 heteroatoms. The average Bonchev–Trinajstić information content (AvgIpc) is 2.76. The van der Waals surface area contributed by atoms with Crippen LogP contribution < -0.4 is 11.1 Å². The van der Waals surface area contributed by atoms with Crippen molar-refractivity contribution in [2.75, 3.05) is 0 Å². The van der Waals surface area contributed by atoms with Gasteiger partial charge in [-0.2, -0.15) is 0 Å². The number of aryl methyl sites for hydroxylation is 1. The molecule has 0 aliphatic heterocycles. The van der Waals surface area contributed by atoms with E-state index in [2.05, 4.69) is 28.7 Å². The second kappa shape index (κ2) is 6.88. The van der Waals surface area contributed by atoms with Gasteiger partial charge in [0, 0.05) is 30.9 Å². The summed E-state index contributed by atoms with van der Waals surface area (Å²) in [6.07, 6.45) is 5.42. The van der Waals surface area contributed by atoms with E-state index in [4.69, 9.17) is 5.73 Å². The Morgan fingerprint density at radius 2 is 2.10 bits per heavy atom. The van der Waals surface area contributed by atoms with Crippen molar-refractivity contribution in [2.45, 2.75) is 71.5 Å². The molecular formula is C15H28N4O. The number of carbonyl (C=O) groups is 1. The fourth-order valence-corrected chi connectivity index (χ4v) is 2.52. The van der Waals surface area contributed by atoms with Crippen LogP contribution in [0, 0.1) is 0 Å². The van der Waals surface area contributed by atoms with Crippen molar-refractivity contribution in [2.24, 2.45) is 5.73 Å². The third-order valence-electron chi connectivity index (χ3n) is 3.49. The van der Waals surface area contributed by atoms with E-state index in [9.17, 15) is 4.79 Å². The highest BCUT2D eigenvalue weighted by Crippen LogP contribution is 2.17. The van der Waals surface area contributed by atoms with Crippen LogP contribution in [0.25, 0.3) is 0 Å². The number of hydrogen-bond donors (Lipinski definition) is 2. The second-order valence-electron chi connectivity index (χ2n) is 6.23. The normalized spacial score (nSPS) is 14.8. The van der Waals surface area contributed by atoms with Crippen LogP contribution in [0.15, 0.2) is 12.4 Å². The summed E-state index contributed by atoms with van der Waals surface area (Å²) in [7, 11) is 0. The van der Waals surface area contributed by atoms with Gasteiger partial charge >= 0.3 is 0 Å². The smallest absolute Gasteiger partial charge is 0.237 e. The van der Waals surface area contributed by atoms with Crippen LogP contribution in [0.2, 0.25) is 0 Å². The molecule has 0 fully saturated rings. The molecule has 1 amide bonds. The minimum Gasteiger partial charge on any atom is -0.368 e. The van der Waals surface area contributed by atoms with Crippen molar-refractivity contribution >= 4 is 5.91 Å². The van der Waals surface area contributed by atoms with Gasteiger partial charge in [-0.05, 0) is 33.6 Å². The lowest BCUT2D eigenvalue weighted by Crippen LogP contribution is -2.55. The number of carbonyl (C=O) groups excluding carboxylic acids is 1. The predicted molar refractivity (Wildman–Crippen MR) is 81.4 cm³/mol. The fourth-order valence-electron chi connectivity index (χ4n) is 2.52. The van der Waals surface area contributed by atoms with Crippen LogP contribution in [-0.4, -0.2) is 27.0 Å². The van der Waals surface area contributed by atoms with Crippen LogP contribution in [0.4, 0.5) is 0 Å². The number of nitrogens with zero attached hydrogens (tertiary/aromatic N) is 2. The molecule has 1 rings (SSSR count). The van der Waals surface area contributed by atoms with Gasteiger partial charge in [0.25, 0.3) is 0 Å². The Morgan fingerprint density at radius 1 is 1.45 bits per heavy atom. The zero-order chi connectivity index (χ0) is 15.3. The molecule has 1 unspecified atom stereocenters. The molecule has 0 aliphatic carbocycles. The number of amides is 1. The summed E-state index contributed by atoms with van der Waals surface area (Å²) in [6.45, 7) is 11.0. The first kappa shape index (κ1) is 16.7. The molecule has 5 nitrogen and oxygen atoms in total. The lowest BCUT2D eigenvalue weighted by Gasteiger charge is -2.30. The summed E-state index contributed by atoms with van der Waals surface area (Å²) in [5, 5.41) is 3.27. The van der Waals surface area contributed by atoms with Gasteiger partial charge < -0.3 is 15.6 Å². The standard InChI is InChI=1S/C15H28N4O/c1-11(2)13-17-8-10-19(13)9-6-7-15(5,14(16)20)18-12(3)4/h8,10-12,18H,6-7,9H2,1-5H3,(H2,16,20). The maximum atomic E-state index is 11.7. The first-order valence-corrected chi connectivity index (χ1v) is 7.35. The minimum absolute atomic E-state index is 0.229. The van der Waals surface area contributed by atoms with Crippen LogP contribution in [0.3, 0.4) is 0 Å². The molecule has 0 radical (unpaired) electrons. The van der Waals surface area contributed by atoms with Crippen molar-refractivity contribution in [3.63, 3.8) is 0 Å². The van der Waals surface area contributed by atoms with Crippen LogP contribution in [-0.2, 0) is 11.3 Å². The Kier molecular flexibility index (Phi) is 5.74. The molecular weight excluding hydrogens is 252 g/mol. The van der Waals surface area contributed by atoms with Crippen LogP contribution in [0.5, 0.6) is 0 Å². The van der Waals surface area contributed by atoms with Crippen molar-refractivity contribution in [3.05, 3.63) is 18.2 Å². The lowest BCUT2D eigenvalue weighted by atomic mass is 9.94. The number of hydrogen-bond acceptors (Lipinski definition) is 3. The zero-order valence-electron chi connectivity index (χ0n) is 13.3. The number of nitrogens with two attached hydrogens (primary N) is 1. The monoisotopic (exact) mass is 280 g/mol. The quantitative estimate of drug-likeness (QED) is 0.765. The first-order chi connectivity index (χ1) is 9.26. The van der Waals surface area contributed by atoms with Gasteiger partial charge in [0.2, 0.25) is 5.91 Å². The lowest BCUT2D eigenvalue weighted by molar-refractivity contribution is -0.124. The number of nitrogens with one attached hydrogen (secondary N) is 1. The average molecular weight is 280 g/mol. The molecule has 0 saturated heterocycles. The van der Waals surface area contributed by atoms with Crippen molar-refractivity contribution < 1.29 is 4.79 Å². The molecule has 0 saturated carbocycles. The Bertz CT molecular complexity index is 439. The van der Waals surface area contributed by atoms with Crippen LogP contribution >= 0.6 is 0 Å². The van der Waals surface area contributed by atoms with Gasteiger partial charge in [0.15, 0.2) is 0 Å². The summed E-state index contributed by atoms with van der Waals surface area (Å²) in [6, 6.07) is 0.229. The maximum absolute atomic E-state index is 11.7. The minimum atomic E-state index is -0.646. The number of primary amides is 1. The molecule has 1 atom stereocenters. The van der Waals surface area contributed by atoms with Gasteiger partial charge in [0.1, 0.15) is 5.82 Å². The molecule has 3 N–H and O–H groups in total. The van der Waals surface area contributed by atoms with Gasteiger partial charge in [-0.1, -0.05) is 13.8 Å². The van der Waals surface area contributed by atoms with Crippen molar-refractivity contribution in [1.82, 2.24) is 14.9 Å². The molecule has 0 spiro atoms. The van der Waals surface area contributed by atoms with E-state index < -0.39 is 5.54 Å². The van der Waals surface area contributed by atoms with E-state index in [1.807, 2.05) is 33.2 Å². The van der Waals surface area contributed by atoms with Gasteiger partial charge in [-0.3, -0.25) is 4.79 Å². The first-order valence-electron chi connectivity index (χ1n) is 7.35. The van der Waals surface area contributed by atoms with Gasteiger partial charge in [-0.15, -0.1) is 0 Å². The maximum Gasteiger partial charge on any atom is 0.237 e. The summed E-state index contributed by atoms with van der Waals surface area (Å²) < 4.78 is 2.15. The topological polar surface area (TPSA) is 72.9 Å². The Balaban J connectivity index is 2.61. The summed E-state index contributed by atoms with van der Waals surface area (Å²) in [4.78, 5) is 16.0. The third-order valence-corrected chi connectivity index (χ3v) is 3.49. The highest BCUT2D eigenvalue weighted by Gasteiger charge is 2.30. The number of aromatic nitrogens is 2. The SMILES string of the molecule is CC(C)NC(C)(CCCn1ccnc1C(C)C)C(N)=O. The molecule has 1 aromatic rings.